The zero-order valence-electron chi connectivity index (χ0n) is 30.7. The van der Waals surface area contributed by atoms with Crippen LogP contribution in [-0.2, 0) is 22.6 Å². The standard InChI is InChI=1S/C46H41N3O5S2/c1-30-41(29-55-46-49-40-13-7-8-14-42(40)56-46)53-44(54-43(30)33-17-15-31(28-50)16-18-33)34-21-19-32(20-22-34)39-12-6-5-9-35(39)27-47-45(51)48-36-23-25-38(26-24-36)52-37-10-3-2-4-11-37/h2-26,30,41,43-44,50H,27-29H2,1H3,(H2,47,48,51)/t30-,41+,43+,44+/m0/s1. The minimum atomic E-state index is -0.580. The number of aromatic nitrogens is 1. The Labute approximate surface area is 334 Å². The van der Waals surface area contributed by atoms with E-state index in [-0.39, 0.29) is 30.8 Å². The third-order valence-electron chi connectivity index (χ3n) is 9.81. The van der Waals surface area contributed by atoms with E-state index in [1.165, 1.54) is 4.70 Å². The molecule has 0 aliphatic carbocycles. The Bertz CT molecular complexity index is 2340. The molecule has 2 amide bonds. The highest BCUT2D eigenvalue weighted by molar-refractivity contribution is 8.01. The van der Waals surface area contributed by atoms with Gasteiger partial charge in [-0.25, -0.2) is 9.78 Å². The summed E-state index contributed by atoms with van der Waals surface area (Å²) in [5.74, 6) is 2.23. The van der Waals surface area contributed by atoms with E-state index in [1.54, 1.807) is 23.1 Å². The second-order valence-electron chi connectivity index (χ2n) is 13.6. The van der Waals surface area contributed by atoms with Gasteiger partial charge in [0.15, 0.2) is 10.6 Å². The SMILES string of the molecule is C[C@H]1[C@@H](CSc2nc3ccccc3s2)O[C@@H](c2ccc(-c3ccccc3CNC(=O)Nc3ccc(Oc4ccccc4)cc3)cc2)O[C@H]1c1ccc(CO)cc1. The van der Waals surface area contributed by atoms with Crippen molar-refractivity contribution >= 4 is 45.0 Å². The summed E-state index contributed by atoms with van der Waals surface area (Å²) in [4.78, 5) is 17.7. The number of thiazole rings is 1. The monoisotopic (exact) mass is 779 g/mol. The molecule has 1 saturated heterocycles. The van der Waals surface area contributed by atoms with Gasteiger partial charge in [-0.15, -0.1) is 11.3 Å². The number of ether oxygens (including phenoxy) is 3. The fraction of sp³-hybridized carbons (Fsp3) is 0.174. The van der Waals surface area contributed by atoms with Crippen LogP contribution in [0.25, 0.3) is 21.3 Å². The van der Waals surface area contributed by atoms with E-state index in [0.717, 1.165) is 54.7 Å². The lowest BCUT2D eigenvalue weighted by Gasteiger charge is -2.41. The Balaban J connectivity index is 0.939. The molecule has 0 bridgehead atoms. The molecule has 56 heavy (non-hydrogen) atoms. The zero-order valence-corrected chi connectivity index (χ0v) is 32.3. The molecule has 4 atom stereocenters. The largest absolute Gasteiger partial charge is 0.457 e. The summed E-state index contributed by atoms with van der Waals surface area (Å²) in [6, 6.07) is 49.1. The zero-order chi connectivity index (χ0) is 38.3. The average molecular weight is 780 g/mol. The minimum absolute atomic E-state index is 0.00620. The van der Waals surface area contributed by atoms with Crippen molar-refractivity contribution in [2.24, 2.45) is 5.92 Å². The van der Waals surface area contributed by atoms with Crippen LogP contribution in [-0.4, -0.2) is 28.0 Å². The van der Waals surface area contributed by atoms with Crippen LogP contribution in [0.5, 0.6) is 11.5 Å². The number of amides is 2. The molecular weight excluding hydrogens is 739 g/mol. The number of nitrogens with zero attached hydrogens (tertiary/aromatic N) is 1. The lowest BCUT2D eigenvalue weighted by atomic mass is 9.91. The number of para-hydroxylation sites is 2. The molecule has 0 spiro atoms. The van der Waals surface area contributed by atoms with Crippen molar-refractivity contribution in [3.8, 4) is 22.6 Å². The topological polar surface area (TPSA) is 102 Å². The summed E-state index contributed by atoms with van der Waals surface area (Å²) in [6.45, 7) is 2.51. The molecule has 3 N–H and O–H groups in total. The number of thioether (sulfide) groups is 1. The van der Waals surface area contributed by atoms with Crippen LogP contribution in [0.4, 0.5) is 10.5 Å². The lowest BCUT2D eigenvalue weighted by Crippen LogP contribution is -2.38. The van der Waals surface area contributed by atoms with Crippen molar-refractivity contribution < 1.29 is 24.1 Å². The molecule has 0 radical (unpaired) electrons. The van der Waals surface area contributed by atoms with Gasteiger partial charge in [-0.2, -0.15) is 0 Å². The predicted molar refractivity (Wildman–Crippen MR) is 224 cm³/mol. The van der Waals surface area contributed by atoms with E-state index in [4.69, 9.17) is 19.2 Å². The summed E-state index contributed by atoms with van der Waals surface area (Å²) in [5.41, 5.74) is 7.53. The van der Waals surface area contributed by atoms with Gasteiger partial charge in [0.1, 0.15) is 11.5 Å². The van der Waals surface area contributed by atoms with E-state index >= 15 is 0 Å². The van der Waals surface area contributed by atoms with Crippen molar-refractivity contribution in [2.75, 3.05) is 11.1 Å². The number of hydrogen-bond acceptors (Lipinski definition) is 8. The molecule has 6 aromatic carbocycles. The van der Waals surface area contributed by atoms with Gasteiger partial charge in [-0.3, -0.25) is 0 Å². The number of fused-ring (bicyclic) bond motifs is 1. The number of anilines is 1. The average Bonchev–Trinajstić information content (AvgIpc) is 3.67. The van der Waals surface area contributed by atoms with E-state index in [0.29, 0.717) is 18.0 Å². The second-order valence-corrected chi connectivity index (χ2v) is 15.9. The summed E-state index contributed by atoms with van der Waals surface area (Å²) < 4.78 is 21.5. The minimum Gasteiger partial charge on any atom is -0.457 e. The molecule has 2 heterocycles. The van der Waals surface area contributed by atoms with Crippen molar-refractivity contribution in [2.45, 2.75) is 42.9 Å². The second kappa shape index (κ2) is 17.5. The number of aliphatic hydroxyl groups excluding tert-OH is 1. The first-order valence-corrected chi connectivity index (χ1v) is 20.3. The lowest BCUT2D eigenvalue weighted by molar-refractivity contribution is -0.268. The van der Waals surface area contributed by atoms with Gasteiger partial charge in [-0.1, -0.05) is 122 Å². The molecule has 0 unspecified atom stereocenters. The van der Waals surface area contributed by atoms with Gasteiger partial charge in [0.2, 0.25) is 0 Å². The number of rotatable bonds is 12. The van der Waals surface area contributed by atoms with Crippen LogP contribution in [0, 0.1) is 5.92 Å². The highest BCUT2D eigenvalue weighted by Gasteiger charge is 2.38. The first-order chi connectivity index (χ1) is 27.5. The highest BCUT2D eigenvalue weighted by atomic mass is 32.2. The molecule has 282 valence electrons. The van der Waals surface area contributed by atoms with Crippen LogP contribution in [0.2, 0.25) is 0 Å². The molecule has 1 aliphatic heterocycles. The van der Waals surface area contributed by atoms with Gasteiger partial charge < -0.3 is 30.0 Å². The number of nitrogens with one attached hydrogen (secondary N) is 2. The molecule has 10 heteroatoms. The van der Waals surface area contributed by atoms with Crippen LogP contribution in [0.15, 0.2) is 156 Å². The Morgan fingerprint density at radius 3 is 2.25 bits per heavy atom. The summed E-state index contributed by atoms with van der Waals surface area (Å²) in [7, 11) is 0. The van der Waals surface area contributed by atoms with Crippen molar-refractivity contribution in [3.63, 3.8) is 0 Å². The fourth-order valence-electron chi connectivity index (χ4n) is 6.73. The third kappa shape index (κ3) is 8.97. The number of benzene rings is 6. The molecular formula is C46H41N3O5S2. The molecule has 0 saturated carbocycles. The van der Waals surface area contributed by atoms with Crippen LogP contribution >= 0.6 is 23.1 Å². The van der Waals surface area contributed by atoms with E-state index < -0.39 is 6.29 Å². The highest BCUT2D eigenvalue weighted by Crippen LogP contribution is 2.44. The maximum absolute atomic E-state index is 12.9. The Morgan fingerprint density at radius 1 is 0.786 bits per heavy atom. The fourth-order valence-corrected chi connectivity index (χ4v) is 8.99. The van der Waals surface area contributed by atoms with Gasteiger partial charge in [0.25, 0.3) is 0 Å². The number of hydrogen-bond donors (Lipinski definition) is 3. The molecule has 8 rings (SSSR count). The normalized spacial score (nSPS) is 18.0. The maximum Gasteiger partial charge on any atom is 0.319 e. The van der Waals surface area contributed by atoms with Gasteiger partial charge in [0.05, 0.1) is 29.0 Å². The Morgan fingerprint density at radius 2 is 1.48 bits per heavy atom. The first kappa shape index (κ1) is 37.4. The van der Waals surface area contributed by atoms with Crippen LogP contribution in [0.3, 0.4) is 0 Å². The number of urea groups is 1. The van der Waals surface area contributed by atoms with Crippen LogP contribution < -0.4 is 15.4 Å². The van der Waals surface area contributed by atoms with Gasteiger partial charge >= 0.3 is 6.03 Å². The van der Waals surface area contributed by atoms with E-state index in [9.17, 15) is 9.90 Å². The van der Waals surface area contributed by atoms with Gasteiger partial charge in [0, 0.05) is 29.5 Å². The first-order valence-electron chi connectivity index (χ1n) is 18.5. The molecule has 1 fully saturated rings. The molecule has 1 aromatic heterocycles. The van der Waals surface area contributed by atoms with Crippen molar-refractivity contribution in [3.05, 3.63) is 174 Å². The molecule has 7 aromatic rings. The molecule has 8 nitrogen and oxygen atoms in total. The smallest absolute Gasteiger partial charge is 0.319 e. The number of carbonyl (C=O) groups excluding carboxylic acids is 1. The molecule has 1 aliphatic rings. The number of aliphatic hydroxyl groups is 1. The summed E-state index contributed by atoms with van der Waals surface area (Å²) in [6.07, 6.45) is -0.893. The van der Waals surface area contributed by atoms with Crippen LogP contribution in [0.1, 0.15) is 41.6 Å². The Hall–Kier alpha value is -5.49. The quantitative estimate of drug-likeness (QED) is 0.106. The number of carbonyl (C=O) groups is 1. The predicted octanol–water partition coefficient (Wildman–Crippen LogP) is 11.2. The summed E-state index contributed by atoms with van der Waals surface area (Å²) in [5, 5.41) is 15.6. The summed E-state index contributed by atoms with van der Waals surface area (Å²) >= 11 is 3.42. The van der Waals surface area contributed by atoms with E-state index in [1.807, 2.05) is 115 Å². The van der Waals surface area contributed by atoms with Crippen molar-refractivity contribution in [1.29, 1.82) is 0 Å². The van der Waals surface area contributed by atoms with Gasteiger partial charge in [-0.05, 0) is 76.3 Å². The third-order valence-corrected chi connectivity index (χ3v) is 12.1. The van der Waals surface area contributed by atoms with E-state index in [2.05, 4.69) is 54.0 Å². The maximum atomic E-state index is 12.9. The Kier molecular flexibility index (Phi) is 11.7. The van der Waals surface area contributed by atoms with Crippen molar-refractivity contribution in [1.82, 2.24) is 10.3 Å².